The first-order chi connectivity index (χ1) is 12.6. The Hall–Kier alpha value is -2.96. The first-order valence-corrected chi connectivity index (χ1v) is 8.66. The molecule has 0 unspecified atom stereocenters. The van der Waals surface area contributed by atoms with Gasteiger partial charge in [-0.05, 0) is 43.5 Å². The summed E-state index contributed by atoms with van der Waals surface area (Å²) in [5, 5.41) is 8.11. The normalized spacial score (nSPS) is 17.5. The predicted octanol–water partition coefficient (Wildman–Crippen LogP) is 3.58. The summed E-state index contributed by atoms with van der Waals surface area (Å²) in [5.41, 5.74) is 0.883. The van der Waals surface area contributed by atoms with E-state index in [1.54, 1.807) is 33.7 Å². The molecule has 3 heterocycles. The zero-order valence-electron chi connectivity index (χ0n) is 14.4. The maximum absolute atomic E-state index is 14.0. The maximum atomic E-state index is 14.0. The van der Waals surface area contributed by atoms with Gasteiger partial charge >= 0.3 is 0 Å². The number of likely N-dealkylation sites (tertiary alicyclic amines) is 1. The fourth-order valence-corrected chi connectivity index (χ4v) is 3.37. The van der Waals surface area contributed by atoms with E-state index in [4.69, 9.17) is 4.42 Å². The molecule has 1 amide bonds. The second-order valence-corrected chi connectivity index (χ2v) is 6.44. The van der Waals surface area contributed by atoms with E-state index in [0.717, 1.165) is 19.3 Å². The highest BCUT2D eigenvalue weighted by molar-refractivity contribution is 5.93. The number of piperidine rings is 1. The van der Waals surface area contributed by atoms with Crippen LogP contribution in [0.15, 0.2) is 47.0 Å². The SMILES string of the molecule is Cn1cccc1C(=O)N1CCCC[C@@H]1c1nnc(-c2ccccc2F)o1. The molecule has 1 aliphatic heterocycles. The lowest BCUT2D eigenvalue weighted by Crippen LogP contribution is -2.39. The molecule has 1 saturated heterocycles. The van der Waals surface area contributed by atoms with Gasteiger partial charge in [0.1, 0.15) is 17.6 Å². The van der Waals surface area contributed by atoms with Crippen molar-refractivity contribution in [1.29, 1.82) is 0 Å². The molecule has 6 nitrogen and oxygen atoms in total. The largest absolute Gasteiger partial charge is 0.418 e. The smallest absolute Gasteiger partial charge is 0.271 e. The second-order valence-electron chi connectivity index (χ2n) is 6.44. The van der Waals surface area contributed by atoms with Crippen LogP contribution in [0.1, 0.15) is 41.7 Å². The summed E-state index contributed by atoms with van der Waals surface area (Å²) in [6.45, 7) is 0.631. The van der Waals surface area contributed by atoms with Crippen LogP contribution in [0.4, 0.5) is 4.39 Å². The van der Waals surface area contributed by atoms with Gasteiger partial charge in [0.25, 0.3) is 11.8 Å². The van der Waals surface area contributed by atoms with Crippen molar-refractivity contribution in [3.63, 3.8) is 0 Å². The number of nitrogens with zero attached hydrogens (tertiary/aromatic N) is 4. The van der Waals surface area contributed by atoms with Gasteiger partial charge in [-0.1, -0.05) is 12.1 Å². The first kappa shape index (κ1) is 16.5. The minimum absolute atomic E-state index is 0.0622. The Morgan fingerprint density at radius 2 is 2.04 bits per heavy atom. The summed E-state index contributed by atoms with van der Waals surface area (Å²) < 4.78 is 21.5. The number of halogens is 1. The maximum Gasteiger partial charge on any atom is 0.271 e. The standard InChI is InChI=1S/C19H19FN4O2/c1-23-11-6-10-16(23)19(25)24-12-5-4-9-15(24)18-22-21-17(26-18)13-7-2-3-8-14(13)20/h2-3,6-8,10-11,15H,4-5,9,12H2,1H3/t15-/m1/s1. The third kappa shape index (κ3) is 2.89. The van der Waals surface area contributed by atoms with Gasteiger partial charge in [0.05, 0.1) is 5.56 Å². The molecule has 1 aliphatic rings. The number of hydrogen-bond donors (Lipinski definition) is 0. The van der Waals surface area contributed by atoms with Crippen molar-refractivity contribution in [3.8, 4) is 11.5 Å². The number of carbonyl (C=O) groups excluding carboxylic acids is 1. The van der Waals surface area contributed by atoms with Gasteiger partial charge in [-0.25, -0.2) is 4.39 Å². The molecule has 1 aromatic carbocycles. The number of amides is 1. The molecule has 2 aromatic heterocycles. The van der Waals surface area contributed by atoms with E-state index in [1.807, 2.05) is 19.3 Å². The summed E-state index contributed by atoms with van der Waals surface area (Å²) in [4.78, 5) is 14.7. The van der Waals surface area contributed by atoms with Crippen molar-refractivity contribution in [1.82, 2.24) is 19.7 Å². The van der Waals surface area contributed by atoms with Crippen LogP contribution in [0, 0.1) is 5.82 Å². The molecule has 3 aromatic rings. The Morgan fingerprint density at radius 3 is 2.81 bits per heavy atom. The molecule has 0 bridgehead atoms. The lowest BCUT2D eigenvalue weighted by molar-refractivity contribution is 0.0562. The molecular weight excluding hydrogens is 335 g/mol. The predicted molar refractivity (Wildman–Crippen MR) is 92.7 cm³/mol. The van der Waals surface area contributed by atoms with Crippen LogP contribution >= 0.6 is 0 Å². The number of carbonyl (C=O) groups is 1. The number of hydrogen-bond acceptors (Lipinski definition) is 4. The molecule has 1 fully saturated rings. The number of rotatable bonds is 3. The number of benzene rings is 1. The zero-order valence-corrected chi connectivity index (χ0v) is 14.4. The van der Waals surface area contributed by atoms with Crippen LogP contribution in [0.2, 0.25) is 0 Å². The molecule has 134 valence electrons. The fraction of sp³-hybridized carbons (Fsp3) is 0.316. The third-order valence-electron chi connectivity index (χ3n) is 4.76. The summed E-state index contributed by atoms with van der Waals surface area (Å²) in [6.07, 6.45) is 4.49. The molecule has 26 heavy (non-hydrogen) atoms. The van der Waals surface area contributed by atoms with E-state index in [1.165, 1.54) is 6.07 Å². The molecule has 1 atom stereocenters. The lowest BCUT2D eigenvalue weighted by atomic mass is 10.0. The van der Waals surface area contributed by atoms with Crippen molar-refractivity contribution >= 4 is 5.91 Å². The first-order valence-electron chi connectivity index (χ1n) is 8.66. The van der Waals surface area contributed by atoms with Gasteiger partial charge in [0.2, 0.25) is 5.89 Å². The van der Waals surface area contributed by atoms with Crippen molar-refractivity contribution < 1.29 is 13.6 Å². The molecular formula is C19H19FN4O2. The van der Waals surface area contributed by atoms with E-state index in [2.05, 4.69) is 10.2 Å². The summed E-state index contributed by atoms with van der Waals surface area (Å²) in [6, 6.07) is 9.62. The number of aryl methyl sites for hydroxylation is 1. The molecule has 0 spiro atoms. The van der Waals surface area contributed by atoms with Crippen molar-refractivity contribution in [2.45, 2.75) is 25.3 Å². The van der Waals surface area contributed by atoms with Crippen LogP contribution in [0.25, 0.3) is 11.5 Å². The molecule has 0 saturated carbocycles. The van der Waals surface area contributed by atoms with E-state index in [-0.39, 0.29) is 23.4 Å². The van der Waals surface area contributed by atoms with Crippen LogP contribution in [-0.4, -0.2) is 32.1 Å². The Labute approximate surface area is 150 Å². The Bertz CT molecular complexity index is 933. The molecule has 4 rings (SSSR count). The fourth-order valence-electron chi connectivity index (χ4n) is 3.37. The van der Waals surface area contributed by atoms with Gasteiger partial charge in [-0.15, -0.1) is 10.2 Å². The van der Waals surface area contributed by atoms with Crippen LogP contribution < -0.4 is 0 Å². The van der Waals surface area contributed by atoms with Gasteiger partial charge < -0.3 is 13.9 Å². The summed E-state index contributed by atoms with van der Waals surface area (Å²) in [7, 11) is 1.84. The van der Waals surface area contributed by atoms with Crippen molar-refractivity contribution in [2.24, 2.45) is 7.05 Å². The summed E-state index contributed by atoms with van der Waals surface area (Å²) >= 11 is 0. The van der Waals surface area contributed by atoms with Crippen LogP contribution in [0.3, 0.4) is 0 Å². The minimum Gasteiger partial charge on any atom is -0.418 e. The third-order valence-corrected chi connectivity index (χ3v) is 4.76. The highest BCUT2D eigenvalue weighted by Crippen LogP contribution is 2.33. The minimum atomic E-state index is -0.414. The van der Waals surface area contributed by atoms with Gasteiger partial charge in [-0.3, -0.25) is 4.79 Å². The van der Waals surface area contributed by atoms with Crippen LogP contribution in [-0.2, 0) is 7.05 Å². The van der Waals surface area contributed by atoms with Gasteiger partial charge in [0.15, 0.2) is 0 Å². The average molecular weight is 354 g/mol. The highest BCUT2D eigenvalue weighted by atomic mass is 19.1. The average Bonchev–Trinajstić information content (AvgIpc) is 3.31. The van der Waals surface area contributed by atoms with Crippen molar-refractivity contribution in [2.75, 3.05) is 6.54 Å². The Balaban J connectivity index is 1.64. The highest BCUT2D eigenvalue weighted by Gasteiger charge is 2.33. The second kappa shape index (κ2) is 6.74. The van der Waals surface area contributed by atoms with E-state index in [0.29, 0.717) is 18.1 Å². The molecule has 0 radical (unpaired) electrons. The van der Waals surface area contributed by atoms with Crippen molar-refractivity contribution in [3.05, 3.63) is 60.0 Å². The van der Waals surface area contributed by atoms with Crippen LogP contribution in [0.5, 0.6) is 0 Å². The quantitative estimate of drug-likeness (QED) is 0.721. The number of aromatic nitrogens is 3. The topological polar surface area (TPSA) is 64.2 Å². The van der Waals surface area contributed by atoms with Gasteiger partial charge in [-0.2, -0.15) is 0 Å². The monoisotopic (exact) mass is 354 g/mol. The van der Waals surface area contributed by atoms with E-state index >= 15 is 0 Å². The molecule has 0 N–H and O–H groups in total. The Morgan fingerprint density at radius 1 is 1.19 bits per heavy atom. The Kier molecular flexibility index (Phi) is 4.28. The lowest BCUT2D eigenvalue weighted by Gasteiger charge is -2.33. The molecule has 7 heteroatoms. The van der Waals surface area contributed by atoms with E-state index < -0.39 is 5.82 Å². The summed E-state index contributed by atoms with van der Waals surface area (Å²) in [5.74, 6) is 0.0105. The van der Waals surface area contributed by atoms with Gasteiger partial charge in [0, 0.05) is 19.8 Å². The molecule has 0 aliphatic carbocycles. The van der Waals surface area contributed by atoms with E-state index in [9.17, 15) is 9.18 Å². The zero-order chi connectivity index (χ0) is 18.1.